The van der Waals surface area contributed by atoms with Crippen molar-refractivity contribution in [3.8, 4) is 0 Å². The third-order valence-electron chi connectivity index (χ3n) is 5.93. The summed E-state index contributed by atoms with van der Waals surface area (Å²) in [5.74, 6) is -0.629. The maximum Gasteiger partial charge on any atom is 0.228 e. The van der Waals surface area contributed by atoms with Crippen LogP contribution in [0.25, 0.3) is 0 Å². The van der Waals surface area contributed by atoms with E-state index in [-0.39, 0.29) is 42.6 Å². The highest BCUT2D eigenvalue weighted by Gasteiger charge is 2.43. The van der Waals surface area contributed by atoms with E-state index >= 15 is 0 Å². The lowest BCUT2D eigenvalue weighted by Gasteiger charge is -2.27. The van der Waals surface area contributed by atoms with Crippen LogP contribution >= 0.6 is 11.6 Å². The molecule has 3 fully saturated rings. The van der Waals surface area contributed by atoms with Gasteiger partial charge in [0.05, 0.1) is 12.5 Å². The molecular formula is C20H24ClFN2O2. The van der Waals surface area contributed by atoms with Gasteiger partial charge in [-0.25, -0.2) is 4.39 Å². The molecule has 3 aliphatic rings. The van der Waals surface area contributed by atoms with Gasteiger partial charge in [0.1, 0.15) is 5.82 Å². The molecule has 0 N–H and O–H groups in total. The highest BCUT2D eigenvalue weighted by molar-refractivity contribution is 6.31. The van der Waals surface area contributed by atoms with Gasteiger partial charge in [0.2, 0.25) is 11.8 Å². The molecule has 0 aromatic heterocycles. The fraction of sp³-hybridized carbons (Fsp3) is 0.600. The Morgan fingerprint density at radius 3 is 2.62 bits per heavy atom. The van der Waals surface area contributed by atoms with E-state index in [0.717, 1.165) is 38.5 Å². The van der Waals surface area contributed by atoms with Crippen molar-refractivity contribution in [1.82, 2.24) is 9.80 Å². The third kappa shape index (κ3) is 3.46. The van der Waals surface area contributed by atoms with E-state index in [4.69, 9.17) is 11.6 Å². The molecular weight excluding hydrogens is 355 g/mol. The Balaban J connectivity index is 1.49. The second-order valence-electron chi connectivity index (χ2n) is 7.78. The average molecular weight is 379 g/mol. The summed E-state index contributed by atoms with van der Waals surface area (Å²) in [6, 6.07) is 5.04. The van der Waals surface area contributed by atoms with Gasteiger partial charge in [-0.1, -0.05) is 30.5 Å². The van der Waals surface area contributed by atoms with E-state index < -0.39 is 0 Å². The molecule has 1 aromatic rings. The van der Waals surface area contributed by atoms with Crippen molar-refractivity contribution >= 4 is 23.4 Å². The minimum Gasteiger partial charge on any atom is -0.339 e. The van der Waals surface area contributed by atoms with E-state index in [2.05, 4.69) is 0 Å². The van der Waals surface area contributed by atoms with Crippen LogP contribution in [0.15, 0.2) is 18.2 Å². The first kappa shape index (κ1) is 17.8. The second kappa shape index (κ2) is 7.18. The molecule has 0 spiro atoms. The monoisotopic (exact) mass is 378 g/mol. The number of rotatable bonds is 5. The van der Waals surface area contributed by atoms with Crippen LogP contribution in [0.1, 0.15) is 50.5 Å². The molecule has 1 atom stereocenters. The first-order valence-electron chi connectivity index (χ1n) is 9.57. The van der Waals surface area contributed by atoms with Crippen LogP contribution in [0, 0.1) is 11.7 Å². The van der Waals surface area contributed by atoms with Gasteiger partial charge in [-0.15, -0.1) is 0 Å². The lowest BCUT2D eigenvalue weighted by Crippen LogP contribution is -2.40. The summed E-state index contributed by atoms with van der Waals surface area (Å²) in [6.07, 6.45) is 6.56. The molecule has 1 heterocycles. The van der Waals surface area contributed by atoms with Crippen LogP contribution in [0.4, 0.5) is 4.39 Å². The number of halogens is 2. The van der Waals surface area contributed by atoms with Crippen LogP contribution in [0.2, 0.25) is 5.02 Å². The first-order valence-corrected chi connectivity index (χ1v) is 9.95. The molecule has 140 valence electrons. The minimum atomic E-state index is -0.383. The molecule has 2 saturated carbocycles. The zero-order chi connectivity index (χ0) is 18.3. The lowest BCUT2D eigenvalue weighted by atomic mass is 10.1. The zero-order valence-corrected chi connectivity index (χ0v) is 15.6. The number of likely N-dealkylation sites (tertiary alicyclic amines) is 1. The highest BCUT2D eigenvalue weighted by atomic mass is 35.5. The summed E-state index contributed by atoms with van der Waals surface area (Å²) in [5.41, 5.74) is 0.367. The Labute approximate surface area is 158 Å². The summed E-state index contributed by atoms with van der Waals surface area (Å²) in [6.45, 7) is 0.694. The Bertz CT molecular complexity index is 696. The van der Waals surface area contributed by atoms with E-state index in [1.807, 2.05) is 4.90 Å². The van der Waals surface area contributed by atoms with Crippen LogP contribution in [-0.2, 0) is 16.1 Å². The molecule has 2 amide bonds. The molecule has 0 bridgehead atoms. The molecule has 1 aliphatic heterocycles. The molecule has 6 heteroatoms. The summed E-state index contributed by atoms with van der Waals surface area (Å²) in [5, 5.41) is 0.346. The van der Waals surface area contributed by atoms with Gasteiger partial charge in [0.25, 0.3) is 0 Å². The van der Waals surface area contributed by atoms with Crippen LogP contribution < -0.4 is 0 Å². The normalized spacial score (nSPS) is 23.7. The number of hydrogen-bond donors (Lipinski definition) is 0. The largest absolute Gasteiger partial charge is 0.339 e. The molecule has 4 rings (SSSR count). The smallest absolute Gasteiger partial charge is 0.228 e. The SMILES string of the molecule is O=C1C[C@H](C(=O)N(Cc2c(F)cccc2Cl)C2CC2)CN1C1CCCC1. The van der Waals surface area contributed by atoms with E-state index in [9.17, 15) is 14.0 Å². The topological polar surface area (TPSA) is 40.6 Å². The molecule has 1 aromatic carbocycles. The fourth-order valence-corrected chi connectivity index (χ4v) is 4.55. The molecule has 0 radical (unpaired) electrons. The number of nitrogens with zero attached hydrogens (tertiary/aromatic N) is 2. The Hall–Kier alpha value is -1.62. The molecule has 0 unspecified atom stereocenters. The summed E-state index contributed by atoms with van der Waals surface area (Å²) >= 11 is 6.16. The maximum atomic E-state index is 14.2. The van der Waals surface area contributed by atoms with E-state index in [0.29, 0.717) is 23.2 Å². The quantitative estimate of drug-likeness (QED) is 0.782. The summed E-state index contributed by atoms with van der Waals surface area (Å²) < 4.78 is 14.2. The predicted molar refractivity (Wildman–Crippen MR) is 97.1 cm³/mol. The van der Waals surface area contributed by atoms with Gasteiger partial charge >= 0.3 is 0 Å². The van der Waals surface area contributed by atoms with Crippen molar-refractivity contribution in [2.24, 2.45) is 5.92 Å². The predicted octanol–water partition coefficient (Wildman–Crippen LogP) is 3.76. The Kier molecular flexibility index (Phi) is 4.91. The number of carbonyl (C=O) groups excluding carboxylic acids is 2. The molecule has 1 saturated heterocycles. The summed E-state index contributed by atoms with van der Waals surface area (Å²) in [4.78, 5) is 29.2. The molecule has 2 aliphatic carbocycles. The fourth-order valence-electron chi connectivity index (χ4n) is 4.33. The zero-order valence-electron chi connectivity index (χ0n) is 14.8. The van der Waals surface area contributed by atoms with Gasteiger partial charge in [0.15, 0.2) is 0 Å². The van der Waals surface area contributed by atoms with E-state index in [1.165, 1.54) is 6.07 Å². The average Bonchev–Trinajstić information content (AvgIpc) is 3.15. The van der Waals surface area contributed by atoms with Gasteiger partial charge in [-0.05, 0) is 37.8 Å². The molecule has 4 nitrogen and oxygen atoms in total. The van der Waals surface area contributed by atoms with Crippen molar-refractivity contribution in [2.45, 2.75) is 63.6 Å². The van der Waals surface area contributed by atoms with Gasteiger partial charge < -0.3 is 9.80 Å². The van der Waals surface area contributed by atoms with Crippen molar-refractivity contribution in [3.63, 3.8) is 0 Å². The van der Waals surface area contributed by atoms with Crippen LogP contribution in [0.3, 0.4) is 0 Å². The van der Waals surface area contributed by atoms with E-state index in [1.54, 1.807) is 17.0 Å². The number of amides is 2. The van der Waals surface area contributed by atoms with Gasteiger partial charge in [0, 0.05) is 35.6 Å². The maximum absolute atomic E-state index is 14.2. The Morgan fingerprint density at radius 2 is 1.96 bits per heavy atom. The standard InChI is InChI=1S/C20H24ClFN2O2/c21-17-6-3-7-18(22)16(17)12-24(15-8-9-15)20(26)13-10-19(25)23(11-13)14-4-1-2-5-14/h3,6-7,13-15H,1-2,4-5,8-12H2/t13-/m0/s1. The first-order chi connectivity index (χ1) is 12.5. The van der Waals surface area contributed by atoms with Gasteiger partial charge in [-0.2, -0.15) is 0 Å². The van der Waals surface area contributed by atoms with Crippen molar-refractivity contribution < 1.29 is 14.0 Å². The lowest BCUT2D eigenvalue weighted by molar-refractivity contribution is -0.137. The van der Waals surface area contributed by atoms with Crippen molar-refractivity contribution in [3.05, 3.63) is 34.6 Å². The molecule has 26 heavy (non-hydrogen) atoms. The number of carbonyl (C=O) groups is 2. The Morgan fingerprint density at radius 1 is 1.23 bits per heavy atom. The summed E-state index contributed by atoms with van der Waals surface area (Å²) in [7, 11) is 0. The van der Waals surface area contributed by atoms with Crippen molar-refractivity contribution in [2.75, 3.05) is 6.54 Å². The van der Waals surface area contributed by atoms with Crippen molar-refractivity contribution in [1.29, 1.82) is 0 Å². The minimum absolute atomic E-state index is 0.0272. The van der Waals surface area contributed by atoms with Gasteiger partial charge in [-0.3, -0.25) is 9.59 Å². The highest BCUT2D eigenvalue weighted by Crippen LogP contribution is 2.35. The van der Waals surface area contributed by atoms with Crippen LogP contribution in [0.5, 0.6) is 0 Å². The number of benzene rings is 1. The number of hydrogen-bond acceptors (Lipinski definition) is 2. The third-order valence-corrected chi connectivity index (χ3v) is 6.29. The van der Waals surface area contributed by atoms with Crippen LogP contribution in [-0.4, -0.2) is 40.2 Å². The second-order valence-corrected chi connectivity index (χ2v) is 8.19.